The van der Waals surface area contributed by atoms with Gasteiger partial charge in [0.15, 0.2) is 0 Å². The Balaban J connectivity index is 0.00000315. The number of nitrogens with one attached hydrogen (secondary N) is 1. The quantitative estimate of drug-likeness (QED) is 0.0286. The van der Waals surface area contributed by atoms with E-state index in [1.165, 1.54) is 122 Å². The SMILES string of the molecule is CCCCCCCCCCCCCOC(=O)CCSCCC(C=O)C(=O)OC(CCCCCCCC)CCCCCCCC.NC1CCNCC1. The van der Waals surface area contributed by atoms with Crippen LogP contribution in [0, 0.1) is 5.92 Å². The van der Waals surface area contributed by atoms with E-state index in [-0.39, 0.29) is 18.0 Å². The van der Waals surface area contributed by atoms with Crippen molar-refractivity contribution >= 4 is 30.0 Å². The number of aldehydes is 1. The number of hydrogen-bond acceptors (Lipinski definition) is 8. The lowest BCUT2D eigenvalue weighted by molar-refractivity contribution is -0.155. The number of ether oxygens (including phenoxy) is 2. The Morgan fingerprint density at radius 1 is 0.667 bits per heavy atom. The summed E-state index contributed by atoms with van der Waals surface area (Å²) < 4.78 is 11.3. The van der Waals surface area contributed by atoms with Gasteiger partial charge in [-0.3, -0.25) is 9.59 Å². The van der Waals surface area contributed by atoms with Crippen LogP contribution in [-0.2, 0) is 23.9 Å². The molecule has 1 aliphatic heterocycles. The van der Waals surface area contributed by atoms with Crippen LogP contribution in [0.3, 0.4) is 0 Å². The van der Waals surface area contributed by atoms with Crippen LogP contribution in [0.5, 0.6) is 0 Å². The van der Waals surface area contributed by atoms with Crippen molar-refractivity contribution in [2.24, 2.45) is 11.7 Å². The maximum Gasteiger partial charge on any atom is 0.316 e. The molecule has 302 valence electrons. The molecule has 1 fully saturated rings. The molecule has 3 N–H and O–H groups in total. The Bertz CT molecular complexity index is 749. The van der Waals surface area contributed by atoms with E-state index in [0.29, 0.717) is 37.0 Å². The fourth-order valence-corrected chi connectivity index (χ4v) is 7.33. The highest BCUT2D eigenvalue weighted by Gasteiger charge is 2.23. The fourth-order valence-electron chi connectivity index (χ4n) is 6.40. The van der Waals surface area contributed by atoms with E-state index in [0.717, 1.165) is 70.7 Å². The second kappa shape index (κ2) is 40.1. The molecule has 1 rings (SSSR count). The summed E-state index contributed by atoms with van der Waals surface area (Å²) in [5.74, 6) is 0.0737. The Kier molecular flexibility index (Phi) is 39.2. The van der Waals surface area contributed by atoms with Gasteiger partial charge in [0.1, 0.15) is 18.3 Å². The van der Waals surface area contributed by atoms with Crippen LogP contribution in [-0.4, -0.2) is 61.6 Å². The summed E-state index contributed by atoms with van der Waals surface area (Å²) in [7, 11) is 0. The van der Waals surface area contributed by atoms with E-state index in [9.17, 15) is 14.4 Å². The van der Waals surface area contributed by atoms with Crippen LogP contribution in [0.15, 0.2) is 0 Å². The molecule has 1 heterocycles. The minimum absolute atomic E-state index is 0.0787. The summed E-state index contributed by atoms with van der Waals surface area (Å²) in [6.07, 6.45) is 34.3. The summed E-state index contributed by atoms with van der Waals surface area (Å²) in [5, 5.41) is 3.24. The normalized spacial score (nSPS) is 13.8. The van der Waals surface area contributed by atoms with Gasteiger partial charge in [-0.15, -0.1) is 0 Å². The van der Waals surface area contributed by atoms with Gasteiger partial charge in [0.2, 0.25) is 0 Å². The second-order valence-corrected chi connectivity index (χ2v) is 16.1. The van der Waals surface area contributed by atoms with E-state index in [1.54, 1.807) is 11.8 Å². The number of carbonyl (C=O) groups excluding carboxylic acids is 3. The van der Waals surface area contributed by atoms with E-state index in [4.69, 9.17) is 15.2 Å². The fraction of sp³-hybridized carbons (Fsp3) is 0.930. The molecule has 0 aromatic carbocycles. The lowest BCUT2D eigenvalue weighted by atomic mass is 10.0. The van der Waals surface area contributed by atoms with Crippen molar-refractivity contribution in [3.63, 3.8) is 0 Å². The average Bonchev–Trinajstić information content (AvgIpc) is 3.13. The Labute approximate surface area is 320 Å². The molecule has 0 amide bonds. The average molecular weight is 741 g/mol. The van der Waals surface area contributed by atoms with Crippen molar-refractivity contribution in [1.29, 1.82) is 0 Å². The van der Waals surface area contributed by atoms with Gasteiger partial charge >= 0.3 is 11.9 Å². The summed E-state index contributed by atoms with van der Waals surface area (Å²) in [5.41, 5.74) is 5.59. The number of unbranched alkanes of at least 4 members (excludes halogenated alkanes) is 20. The van der Waals surface area contributed by atoms with Crippen LogP contribution < -0.4 is 11.1 Å². The van der Waals surface area contributed by atoms with Gasteiger partial charge in [-0.1, -0.05) is 149 Å². The second-order valence-electron chi connectivity index (χ2n) is 14.9. The van der Waals surface area contributed by atoms with Gasteiger partial charge in [0.05, 0.1) is 13.0 Å². The van der Waals surface area contributed by atoms with Crippen LogP contribution >= 0.6 is 11.8 Å². The van der Waals surface area contributed by atoms with Crippen molar-refractivity contribution in [3.8, 4) is 0 Å². The van der Waals surface area contributed by atoms with Gasteiger partial charge in [-0.2, -0.15) is 11.8 Å². The van der Waals surface area contributed by atoms with Gasteiger partial charge in [0, 0.05) is 11.8 Å². The lowest BCUT2D eigenvalue weighted by Crippen LogP contribution is -2.35. The predicted molar refractivity (Wildman–Crippen MR) is 219 cm³/mol. The maximum absolute atomic E-state index is 12.9. The minimum atomic E-state index is -0.716. The third-order valence-electron chi connectivity index (χ3n) is 9.93. The summed E-state index contributed by atoms with van der Waals surface area (Å²) in [6.45, 7) is 9.45. The molecule has 0 spiro atoms. The van der Waals surface area contributed by atoms with Crippen LogP contribution in [0.2, 0.25) is 0 Å². The van der Waals surface area contributed by atoms with Gasteiger partial charge in [0.25, 0.3) is 0 Å². The zero-order chi connectivity index (χ0) is 37.5. The summed E-state index contributed by atoms with van der Waals surface area (Å²) in [4.78, 5) is 36.7. The Morgan fingerprint density at radius 2 is 1.12 bits per heavy atom. The molecule has 0 aliphatic carbocycles. The predicted octanol–water partition coefficient (Wildman–Crippen LogP) is 11.3. The number of nitrogens with two attached hydrogens (primary N) is 1. The first kappa shape index (κ1) is 49.9. The van der Waals surface area contributed by atoms with Gasteiger partial charge in [-0.05, 0) is 70.2 Å². The number of carbonyl (C=O) groups is 3. The lowest BCUT2D eigenvalue weighted by Gasteiger charge is -2.20. The van der Waals surface area contributed by atoms with Crippen molar-refractivity contribution in [3.05, 3.63) is 0 Å². The molecule has 0 aromatic heterocycles. The third-order valence-corrected chi connectivity index (χ3v) is 10.9. The topological polar surface area (TPSA) is 108 Å². The highest BCUT2D eigenvalue weighted by atomic mass is 32.2. The molecule has 7 nitrogen and oxygen atoms in total. The van der Waals surface area contributed by atoms with Crippen LogP contribution in [0.4, 0.5) is 0 Å². The van der Waals surface area contributed by atoms with Gasteiger partial charge in [-0.25, -0.2) is 0 Å². The first-order valence-corrected chi connectivity index (χ1v) is 23.0. The highest BCUT2D eigenvalue weighted by molar-refractivity contribution is 7.99. The number of piperidine rings is 1. The van der Waals surface area contributed by atoms with Crippen molar-refractivity contribution in [2.75, 3.05) is 31.2 Å². The molecule has 1 atom stereocenters. The largest absolute Gasteiger partial charge is 0.466 e. The van der Waals surface area contributed by atoms with Crippen LogP contribution in [0.1, 0.15) is 207 Å². The van der Waals surface area contributed by atoms with E-state index >= 15 is 0 Å². The molecule has 0 saturated carbocycles. The zero-order valence-electron chi connectivity index (χ0n) is 33.9. The molecular weight excluding hydrogens is 657 g/mol. The summed E-state index contributed by atoms with van der Waals surface area (Å²) >= 11 is 1.60. The number of thioether (sulfide) groups is 1. The molecule has 8 heteroatoms. The molecule has 1 aliphatic rings. The van der Waals surface area contributed by atoms with Crippen molar-refractivity contribution < 1.29 is 23.9 Å². The number of rotatable bonds is 35. The smallest absolute Gasteiger partial charge is 0.316 e. The highest BCUT2D eigenvalue weighted by Crippen LogP contribution is 2.20. The standard InChI is InChI=1S/C38H72O5S.C5H12N2/c1-4-7-10-13-16-17-18-19-20-23-26-31-42-37(40)30-33-44-32-29-35(34-39)38(41)43-36(27-24-21-14-11-8-5-2)28-25-22-15-12-9-6-3;6-5-1-3-7-4-2-5/h34-36H,4-33H2,1-3H3;5,7H,1-4,6H2. The number of esters is 2. The van der Waals surface area contributed by atoms with Crippen molar-refractivity contribution in [2.45, 2.75) is 219 Å². The van der Waals surface area contributed by atoms with Crippen LogP contribution in [0.25, 0.3) is 0 Å². The Hall–Kier alpha value is -1.12. The molecule has 51 heavy (non-hydrogen) atoms. The van der Waals surface area contributed by atoms with E-state index in [2.05, 4.69) is 26.1 Å². The molecule has 1 saturated heterocycles. The molecule has 1 unspecified atom stereocenters. The van der Waals surface area contributed by atoms with Crippen molar-refractivity contribution in [1.82, 2.24) is 5.32 Å². The monoisotopic (exact) mass is 741 g/mol. The first-order valence-electron chi connectivity index (χ1n) is 21.8. The Morgan fingerprint density at radius 3 is 1.55 bits per heavy atom. The van der Waals surface area contributed by atoms with Gasteiger partial charge < -0.3 is 25.3 Å². The molecule has 0 bridgehead atoms. The first-order chi connectivity index (χ1) is 25.0. The minimum Gasteiger partial charge on any atom is -0.466 e. The molecule has 0 aromatic rings. The number of hydrogen-bond donors (Lipinski definition) is 2. The zero-order valence-corrected chi connectivity index (χ0v) is 34.7. The summed E-state index contributed by atoms with van der Waals surface area (Å²) in [6, 6.07) is 0.473. The van der Waals surface area contributed by atoms with E-state index in [1.807, 2.05) is 0 Å². The molecular formula is C43H84N2O5S. The maximum atomic E-state index is 12.9. The molecule has 0 radical (unpaired) electrons. The van der Waals surface area contributed by atoms with E-state index < -0.39 is 5.92 Å². The third kappa shape index (κ3) is 35.7.